The molecular weight excluding hydrogens is 398 g/mol. The molecule has 1 aromatic heterocycles. The predicted molar refractivity (Wildman–Crippen MR) is 119 cm³/mol. The third-order valence-corrected chi connectivity index (χ3v) is 6.57. The molecule has 0 spiro atoms. The minimum atomic E-state index is -0.895. The van der Waals surface area contributed by atoms with Crippen molar-refractivity contribution in [2.75, 3.05) is 6.54 Å². The molecule has 160 valence electrons. The molecule has 1 aliphatic rings. The molecule has 2 atom stereocenters. The number of benzene rings is 1. The van der Waals surface area contributed by atoms with Crippen molar-refractivity contribution in [3.05, 3.63) is 69.9 Å². The van der Waals surface area contributed by atoms with Crippen molar-refractivity contribution in [1.82, 2.24) is 4.90 Å². The van der Waals surface area contributed by atoms with Crippen LogP contribution in [0.25, 0.3) is 0 Å². The van der Waals surface area contributed by atoms with Crippen molar-refractivity contribution in [2.24, 2.45) is 0 Å². The van der Waals surface area contributed by atoms with Crippen molar-refractivity contribution >= 4 is 23.2 Å². The average Bonchev–Trinajstić information content (AvgIpc) is 3.35. The fourth-order valence-electron chi connectivity index (χ4n) is 3.81. The maximum atomic E-state index is 12.2. The smallest absolute Gasteiger partial charge is 0.345 e. The van der Waals surface area contributed by atoms with Crippen LogP contribution < -0.4 is 0 Å². The lowest BCUT2D eigenvalue weighted by Crippen LogP contribution is -2.33. The van der Waals surface area contributed by atoms with Crippen LogP contribution >= 0.6 is 11.3 Å². The van der Waals surface area contributed by atoms with Crippen LogP contribution in [0.4, 0.5) is 0 Å². The normalized spacial score (nSPS) is 17.7. The van der Waals surface area contributed by atoms with Crippen LogP contribution in [0.3, 0.4) is 0 Å². The number of carbonyl (C=O) groups is 2. The van der Waals surface area contributed by atoms with Crippen molar-refractivity contribution in [3.63, 3.8) is 0 Å². The van der Waals surface area contributed by atoms with E-state index in [0.717, 1.165) is 37.0 Å². The summed E-state index contributed by atoms with van der Waals surface area (Å²) in [6, 6.07) is 13.8. The van der Waals surface area contributed by atoms with Gasteiger partial charge in [-0.15, -0.1) is 11.3 Å². The van der Waals surface area contributed by atoms with Gasteiger partial charge in [-0.1, -0.05) is 42.5 Å². The van der Waals surface area contributed by atoms with Gasteiger partial charge in [0.25, 0.3) is 0 Å². The first-order valence-corrected chi connectivity index (χ1v) is 11.4. The van der Waals surface area contributed by atoms with E-state index in [4.69, 9.17) is 5.11 Å². The van der Waals surface area contributed by atoms with Crippen LogP contribution in [-0.4, -0.2) is 45.7 Å². The number of nitrogens with zero attached hydrogens (tertiary/aromatic N) is 1. The van der Waals surface area contributed by atoms with E-state index < -0.39 is 12.1 Å². The first-order valence-electron chi connectivity index (χ1n) is 10.5. The fourth-order valence-corrected chi connectivity index (χ4v) is 4.70. The molecule has 0 radical (unpaired) electrons. The Labute approximate surface area is 181 Å². The molecule has 3 rings (SSSR count). The summed E-state index contributed by atoms with van der Waals surface area (Å²) >= 11 is 1.30. The lowest BCUT2D eigenvalue weighted by molar-refractivity contribution is -0.128. The van der Waals surface area contributed by atoms with Crippen LogP contribution in [0.1, 0.15) is 52.2 Å². The molecule has 2 aromatic rings. The SMILES string of the molecule is O=C(O)c1ccc(CCCN2C(=O)CC[C@@H]2/C=C/[C@@H](O)CCCc2ccccc2)s1. The summed E-state index contributed by atoms with van der Waals surface area (Å²) in [5, 5.41) is 19.3. The zero-order chi connectivity index (χ0) is 21.3. The number of hydrogen-bond acceptors (Lipinski definition) is 4. The van der Waals surface area contributed by atoms with E-state index in [1.54, 1.807) is 6.07 Å². The minimum Gasteiger partial charge on any atom is -0.477 e. The molecule has 0 saturated carbocycles. The fraction of sp³-hybridized carbons (Fsp3) is 0.417. The lowest BCUT2D eigenvalue weighted by atomic mass is 10.0. The number of carboxylic acid groups (broad SMARTS) is 1. The first-order chi connectivity index (χ1) is 14.5. The summed E-state index contributed by atoms with van der Waals surface area (Å²) in [6.07, 6.45) is 8.78. The summed E-state index contributed by atoms with van der Waals surface area (Å²) < 4.78 is 0. The van der Waals surface area contributed by atoms with Crippen LogP contribution in [0, 0.1) is 0 Å². The zero-order valence-corrected chi connectivity index (χ0v) is 17.9. The standard InChI is InChI=1S/C24H29NO4S/c26-20(9-4-8-18-6-2-1-3-7-18)13-11-19-12-16-23(27)25(19)17-5-10-21-14-15-22(30-21)24(28)29/h1-3,6-7,11,13-15,19-20,26H,4-5,8-10,12,16-17H2,(H,28,29)/b13-11+/t19-,20-/m0/s1. The van der Waals surface area contributed by atoms with Gasteiger partial charge in [0.2, 0.25) is 5.91 Å². The number of hydrogen-bond donors (Lipinski definition) is 2. The summed E-state index contributed by atoms with van der Waals surface area (Å²) in [5.74, 6) is -0.742. The van der Waals surface area contributed by atoms with Crippen molar-refractivity contribution < 1.29 is 19.8 Å². The molecule has 1 aliphatic heterocycles. The molecule has 1 saturated heterocycles. The number of rotatable bonds is 11. The Bertz CT molecular complexity index is 861. The Balaban J connectivity index is 1.42. The molecule has 5 nitrogen and oxygen atoms in total. The molecule has 0 bridgehead atoms. The summed E-state index contributed by atoms with van der Waals surface area (Å²) in [5.41, 5.74) is 1.28. The lowest BCUT2D eigenvalue weighted by Gasteiger charge is -2.22. The number of amides is 1. The Morgan fingerprint density at radius 3 is 2.70 bits per heavy atom. The van der Waals surface area contributed by atoms with Gasteiger partial charge in [-0.3, -0.25) is 4.79 Å². The monoisotopic (exact) mass is 427 g/mol. The number of carbonyl (C=O) groups excluding carboxylic acids is 1. The van der Waals surface area contributed by atoms with Gasteiger partial charge in [-0.2, -0.15) is 0 Å². The Morgan fingerprint density at radius 1 is 1.17 bits per heavy atom. The van der Waals surface area contributed by atoms with E-state index in [9.17, 15) is 14.7 Å². The van der Waals surface area contributed by atoms with Crippen LogP contribution in [0.15, 0.2) is 54.6 Å². The molecule has 30 heavy (non-hydrogen) atoms. The van der Waals surface area contributed by atoms with Crippen LogP contribution in [-0.2, 0) is 17.6 Å². The van der Waals surface area contributed by atoms with E-state index >= 15 is 0 Å². The first kappa shape index (κ1) is 22.2. The quantitative estimate of drug-likeness (QED) is 0.524. The molecule has 0 unspecified atom stereocenters. The number of aliphatic hydroxyl groups is 1. The van der Waals surface area contributed by atoms with Gasteiger partial charge in [-0.25, -0.2) is 4.79 Å². The Morgan fingerprint density at radius 2 is 1.97 bits per heavy atom. The van der Waals surface area contributed by atoms with Crippen molar-refractivity contribution in [2.45, 2.75) is 57.1 Å². The minimum absolute atomic E-state index is 0.0409. The van der Waals surface area contributed by atoms with E-state index in [0.29, 0.717) is 24.3 Å². The molecule has 2 heterocycles. The zero-order valence-electron chi connectivity index (χ0n) is 17.1. The number of aryl methyl sites for hydroxylation is 2. The highest BCUT2D eigenvalue weighted by molar-refractivity contribution is 7.13. The number of aliphatic hydroxyl groups excluding tert-OH is 1. The molecular formula is C24H29NO4S. The van der Waals surface area contributed by atoms with Gasteiger partial charge < -0.3 is 15.1 Å². The predicted octanol–water partition coefficient (Wildman–Crippen LogP) is 4.31. The van der Waals surface area contributed by atoms with E-state index in [1.807, 2.05) is 41.3 Å². The second kappa shape index (κ2) is 11.1. The van der Waals surface area contributed by atoms with E-state index in [1.165, 1.54) is 16.9 Å². The van der Waals surface area contributed by atoms with E-state index in [2.05, 4.69) is 12.1 Å². The largest absolute Gasteiger partial charge is 0.477 e. The third-order valence-electron chi connectivity index (χ3n) is 5.43. The van der Waals surface area contributed by atoms with Gasteiger partial charge >= 0.3 is 5.97 Å². The molecule has 0 aliphatic carbocycles. The van der Waals surface area contributed by atoms with Crippen LogP contribution in [0.5, 0.6) is 0 Å². The maximum absolute atomic E-state index is 12.2. The second-order valence-corrected chi connectivity index (χ2v) is 8.87. The van der Waals surface area contributed by atoms with Gasteiger partial charge in [0, 0.05) is 17.8 Å². The van der Waals surface area contributed by atoms with Gasteiger partial charge in [0.05, 0.1) is 12.1 Å². The molecule has 1 aromatic carbocycles. The highest BCUT2D eigenvalue weighted by Gasteiger charge is 2.28. The molecule has 1 fully saturated rings. The summed E-state index contributed by atoms with van der Waals surface area (Å²) in [6.45, 7) is 0.651. The van der Waals surface area contributed by atoms with E-state index in [-0.39, 0.29) is 11.9 Å². The summed E-state index contributed by atoms with van der Waals surface area (Å²) in [4.78, 5) is 26.5. The van der Waals surface area contributed by atoms with Crippen molar-refractivity contribution in [1.29, 1.82) is 0 Å². The highest BCUT2D eigenvalue weighted by atomic mass is 32.1. The maximum Gasteiger partial charge on any atom is 0.345 e. The van der Waals surface area contributed by atoms with Gasteiger partial charge in [0.15, 0.2) is 0 Å². The highest BCUT2D eigenvalue weighted by Crippen LogP contribution is 2.23. The topological polar surface area (TPSA) is 77.8 Å². The Kier molecular flexibility index (Phi) is 8.22. The molecule has 1 amide bonds. The molecule has 6 heteroatoms. The van der Waals surface area contributed by atoms with Gasteiger partial charge in [0.1, 0.15) is 4.88 Å². The third kappa shape index (κ3) is 6.54. The second-order valence-electron chi connectivity index (χ2n) is 7.70. The summed E-state index contributed by atoms with van der Waals surface area (Å²) in [7, 11) is 0. The average molecular weight is 428 g/mol. The van der Waals surface area contributed by atoms with Crippen molar-refractivity contribution in [3.8, 4) is 0 Å². The van der Waals surface area contributed by atoms with Crippen LogP contribution in [0.2, 0.25) is 0 Å². The molecule has 2 N–H and O–H groups in total. The number of thiophene rings is 1. The number of aromatic carboxylic acids is 1. The number of likely N-dealkylation sites (tertiary alicyclic amines) is 1. The Hall–Kier alpha value is -2.44. The number of carboxylic acids is 1. The van der Waals surface area contributed by atoms with Gasteiger partial charge in [-0.05, 0) is 56.2 Å².